The molecule has 1 aromatic carbocycles. The van der Waals surface area contributed by atoms with Gasteiger partial charge in [0.25, 0.3) is 16.1 Å². The average Bonchev–Trinajstić information content (AvgIpc) is 2.87. The Labute approximate surface area is 149 Å². The molecule has 1 aliphatic heterocycles. The van der Waals surface area contributed by atoms with E-state index in [-0.39, 0.29) is 12.5 Å². The van der Waals surface area contributed by atoms with E-state index in [1.165, 1.54) is 29.8 Å². The third kappa shape index (κ3) is 4.23. The van der Waals surface area contributed by atoms with Crippen LogP contribution in [0.5, 0.6) is 11.5 Å². The first-order valence-electron chi connectivity index (χ1n) is 8.00. The van der Waals surface area contributed by atoms with Gasteiger partial charge in [-0.15, -0.1) is 0 Å². The number of rotatable bonds is 5. The summed E-state index contributed by atoms with van der Waals surface area (Å²) in [4.78, 5) is 14.5. The molecule has 8 nitrogen and oxygen atoms in total. The lowest BCUT2D eigenvalue weighted by molar-refractivity contribution is 0.0760. The zero-order valence-corrected chi connectivity index (χ0v) is 15.9. The second-order valence-corrected chi connectivity index (χ2v) is 8.04. The smallest absolute Gasteiger partial charge is 0.281 e. The van der Waals surface area contributed by atoms with Gasteiger partial charge < -0.3 is 14.4 Å². The summed E-state index contributed by atoms with van der Waals surface area (Å²) < 4.78 is 37.6. The van der Waals surface area contributed by atoms with E-state index in [0.29, 0.717) is 43.1 Å². The lowest BCUT2D eigenvalue weighted by Gasteiger charge is -2.24. The zero-order valence-electron chi connectivity index (χ0n) is 15.1. The topological polar surface area (TPSA) is 79.4 Å². The van der Waals surface area contributed by atoms with Gasteiger partial charge in [0.05, 0.1) is 19.8 Å². The normalized spacial score (nSPS) is 16.6. The summed E-state index contributed by atoms with van der Waals surface area (Å²) in [5, 5.41) is 0. The van der Waals surface area contributed by atoms with Crippen LogP contribution in [0.3, 0.4) is 0 Å². The first kappa shape index (κ1) is 19.5. The SMILES string of the molecule is COc1ccc(C(=O)N2CCCN(S(=O)(=O)N(C)C)CC2)c(OC)c1. The number of hydrogen-bond donors (Lipinski definition) is 0. The van der Waals surface area contributed by atoms with Crippen molar-refractivity contribution in [2.24, 2.45) is 0 Å². The van der Waals surface area contributed by atoms with Gasteiger partial charge in [0.1, 0.15) is 11.5 Å². The molecule has 1 fully saturated rings. The van der Waals surface area contributed by atoms with Crippen LogP contribution in [0.1, 0.15) is 16.8 Å². The molecule has 1 saturated heterocycles. The van der Waals surface area contributed by atoms with Crippen LogP contribution in [-0.4, -0.2) is 82.3 Å². The Kier molecular flexibility index (Phi) is 6.26. The van der Waals surface area contributed by atoms with Crippen molar-refractivity contribution in [1.29, 1.82) is 0 Å². The summed E-state index contributed by atoms with van der Waals surface area (Å²) in [5.74, 6) is 0.863. The van der Waals surface area contributed by atoms with Gasteiger partial charge in [-0.25, -0.2) is 0 Å². The molecule has 0 aliphatic carbocycles. The van der Waals surface area contributed by atoms with Gasteiger partial charge in [0.15, 0.2) is 0 Å². The van der Waals surface area contributed by atoms with E-state index in [9.17, 15) is 13.2 Å². The Bertz CT molecular complexity index is 720. The first-order valence-corrected chi connectivity index (χ1v) is 9.40. The zero-order chi connectivity index (χ0) is 18.6. The van der Waals surface area contributed by atoms with E-state index >= 15 is 0 Å². The van der Waals surface area contributed by atoms with Crippen LogP contribution < -0.4 is 9.47 Å². The van der Waals surface area contributed by atoms with E-state index in [2.05, 4.69) is 0 Å². The Hall–Kier alpha value is -1.84. The number of ether oxygens (including phenoxy) is 2. The molecule has 1 amide bonds. The van der Waals surface area contributed by atoms with Gasteiger partial charge in [0.2, 0.25) is 0 Å². The minimum Gasteiger partial charge on any atom is -0.497 e. The monoisotopic (exact) mass is 371 g/mol. The van der Waals surface area contributed by atoms with Gasteiger partial charge in [-0.1, -0.05) is 0 Å². The Morgan fingerprint density at radius 1 is 1.08 bits per heavy atom. The molecule has 0 unspecified atom stereocenters. The van der Waals surface area contributed by atoms with E-state index in [1.807, 2.05) is 0 Å². The van der Waals surface area contributed by atoms with Gasteiger partial charge in [0, 0.05) is 46.3 Å². The van der Waals surface area contributed by atoms with E-state index in [1.54, 1.807) is 30.2 Å². The molecule has 1 aromatic rings. The number of hydrogen-bond acceptors (Lipinski definition) is 5. The highest BCUT2D eigenvalue weighted by Gasteiger charge is 2.29. The average molecular weight is 371 g/mol. The van der Waals surface area contributed by atoms with Crippen molar-refractivity contribution in [3.8, 4) is 11.5 Å². The fourth-order valence-corrected chi connectivity index (χ4v) is 3.84. The highest BCUT2D eigenvalue weighted by atomic mass is 32.2. The van der Waals surface area contributed by atoms with Crippen molar-refractivity contribution in [2.45, 2.75) is 6.42 Å². The summed E-state index contributed by atoms with van der Waals surface area (Å²) in [6.07, 6.45) is 0.581. The van der Waals surface area contributed by atoms with Crippen molar-refractivity contribution in [2.75, 3.05) is 54.5 Å². The summed E-state index contributed by atoms with van der Waals surface area (Å²) in [5.41, 5.74) is 0.437. The molecular weight excluding hydrogens is 346 g/mol. The number of carbonyl (C=O) groups excluding carboxylic acids is 1. The van der Waals surface area contributed by atoms with Crippen molar-refractivity contribution in [1.82, 2.24) is 13.5 Å². The maximum absolute atomic E-state index is 12.8. The molecular formula is C16H25N3O5S. The van der Waals surface area contributed by atoms with Crippen LogP contribution in [-0.2, 0) is 10.2 Å². The van der Waals surface area contributed by atoms with Crippen LogP contribution in [0.4, 0.5) is 0 Å². The highest BCUT2D eigenvalue weighted by molar-refractivity contribution is 7.86. The molecule has 2 rings (SSSR count). The Morgan fingerprint density at radius 3 is 2.40 bits per heavy atom. The van der Waals surface area contributed by atoms with Crippen LogP contribution in [0.25, 0.3) is 0 Å². The summed E-state index contributed by atoms with van der Waals surface area (Å²) in [6.45, 7) is 1.49. The molecule has 140 valence electrons. The predicted octanol–water partition coefficient (Wildman–Crippen LogP) is 0.658. The number of amides is 1. The van der Waals surface area contributed by atoms with Crippen molar-refractivity contribution < 1.29 is 22.7 Å². The first-order chi connectivity index (χ1) is 11.8. The Morgan fingerprint density at radius 2 is 1.80 bits per heavy atom. The number of nitrogens with zero attached hydrogens (tertiary/aromatic N) is 3. The fourth-order valence-electron chi connectivity index (χ4n) is 2.70. The maximum atomic E-state index is 12.8. The third-order valence-electron chi connectivity index (χ3n) is 4.17. The largest absolute Gasteiger partial charge is 0.497 e. The molecule has 0 saturated carbocycles. The highest BCUT2D eigenvalue weighted by Crippen LogP contribution is 2.26. The van der Waals surface area contributed by atoms with E-state index < -0.39 is 10.2 Å². The molecule has 9 heteroatoms. The minimum absolute atomic E-state index is 0.177. The molecule has 1 aliphatic rings. The van der Waals surface area contributed by atoms with Crippen molar-refractivity contribution >= 4 is 16.1 Å². The standard InChI is InChI=1S/C16H25N3O5S/c1-17(2)25(21,22)19-9-5-8-18(10-11-19)16(20)14-7-6-13(23-3)12-15(14)24-4/h6-7,12H,5,8-11H2,1-4H3. The molecule has 1 heterocycles. The van der Waals surface area contributed by atoms with Crippen molar-refractivity contribution in [3.63, 3.8) is 0 Å². The second kappa shape index (κ2) is 8.03. The molecule has 0 aromatic heterocycles. The number of methoxy groups -OCH3 is 2. The lowest BCUT2D eigenvalue weighted by Crippen LogP contribution is -2.42. The summed E-state index contributed by atoms with van der Waals surface area (Å²) >= 11 is 0. The molecule has 0 radical (unpaired) electrons. The van der Waals surface area contributed by atoms with Gasteiger partial charge in [-0.2, -0.15) is 17.0 Å². The molecule has 0 atom stereocenters. The predicted molar refractivity (Wildman–Crippen MR) is 94.2 cm³/mol. The third-order valence-corrected chi connectivity index (χ3v) is 6.11. The van der Waals surface area contributed by atoms with Crippen molar-refractivity contribution in [3.05, 3.63) is 23.8 Å². The fraction of sp³-hybridized carbons (Fsp3) is 0.562. The lowest BCUT2D eigenvalue weighted by atomic mass is 10.1. The molecule has 0 bridgehead atoms. The van der Waals surface area contributed by atoms with E-state index in [4.69, 9.17) is 9.47 Å². The molecule has 25 heavy (non-hydrogen) atoms. The minimum atomic E-state index is -3.47. The van der Waals surface area contributed by atoms with Gasteiger partial charge >= 0.3 is 0 Å². The molecule has 0 N–H and O–H groups in total. The molecule has 0 spiro atoms. The van der Waals surface area contributed by atoms with Crippen LogP contribution >= 0.6 is 0 Å². The van der Waals surface area contributed by atoms with Gasteiger partial charge in [-0.3, -0.25) is 4.79 Å². The van der Waals surface area contributed by atoms with E-state index in [0.717, 1.165) is 0 Å². The van der Waals surface area contributed by atoms with Crippen LogP contribution in [0.2, 0.25) is 0 Å². The number of benzene rings is 1. The quantitative estimate of drug-likeness (QED) is 0.760. The van der Waals surface area contributed by atoms with Crippen LogP contribution in [0.15, 0.2) is 18.2 Å². The maximum Gasteiger partial charge on any atom is 0.281 e. The Balaban J connectivity index is 2.16. The number of carbonyl (C=O) groups is 1. The second-order valence-electron chi connectivity index (χ2n) is 5.90. The van der Waals surface area contributed by atoms with Gasteiger partial charge in [-0.05, 0) is 18.6 Å². The summed E-state index contributed by atoms with van der Waals surface area (Å²) in [7, 11) is 2.59. The van der Waals surface area contributed by atoms with Crippen LogP contribution in [0, 0.1) is 0 Å². The summed E-state index contributed by atoms with van der Waals surface area (Å²) in [6, 6.07) is 5.03.